The zero-order chi connectivity index (χ0) is 7.07. The van der Waals surface area contributed by atoms with Gasteiger partial charge in [-0.3, -0.25) is 0 Å². The molecule has 9 heavy (non-hydrogen) atoms. The highest BCUT2D eigenvalue weighted by Crippen LogP contribution is 2.32. The fourth-order valence-corrected chi connectivity index (χ4v) is 1.77. The molecule has 0 aromatic rings. The van der Waals surface area contributed by atoms with Crippen LogP contribution in [-0.2, 0) is 0 Å². The summed E-state index contributed by atoms with van der Waals surface area (Å²) in [5.74, 6) is 0.786. The van der Waals surface area contributed by atoms with Crippen LogP contribution < -0.4 is 5.32 Å². The summed E-state index contributed by atoms with van der Waals surface area (Å²) < 4.78 is 0. The van der Waals surface area contributed by atoms with E-state index >= 15 is 0 Å². The second-order valence-corrected chi connectivity index (χ2v) is 4.09. The van der Waals surface area contributed by atoms with E-state index in [9.17, 15) is 0 Å². The van der Waals surface area contributed by atoms with Gasteiger partial charge in [0.1, 0.15) is 0 Å². The topological polar surface area (TPSA) is 12.0 Å². The summed E-state index contributed by atoms with van der Waals surface area (Å²) >= 11 is 0. The maximum absolute atomic E-state index is 3.44. The second-order valence-electron chi connectivity index (χ2n) is 4.09. The van der Waals surface area contributed by atoms with Crippen molar-refractivity contribution in [1.82, 2.24) is 5.32 Å². The van der Waals surface area contributed by atoms with E-state index in [0.717, 1.165) is 12.0 Å². The van der Waals surface area contributed by atoms with Crippen molar-refractivity contribution < 1.29 is 0 Å². The molecule has 1 heterocycles. The summed E-state index contributed by atoms with van der Waals surface area (Å²) in [6, 6.07) is 0.748. The van der Waals surface area contributed by atoms with Gasteiger partial charge in [-0.2, -0.15) is 0 Å². The first-order valence-corrected chi connectivity index (χ1v) is 3.77. The van der Waals surface area contributed by atoms with E-state index in [1.807, 2.05) is 0 Å². The van der Waals surface area contributed by atoms with Crippen LogP contribution in [0.5, 0.6) is 0 Å². The zero-order valence-corrected chi connectivity index (χ0v) is 6.86. The number of nitrogens with one attached hydrogen (secondary N) is 1. The molecule has 1 fully saturated rings. The highest BCUT2D eigenvalue weighted by molar-refractivity contribution is 4.96. The van der Waals surface area contributed by atoms with Crippen molar-refractivity contribution in [1.29, 1.82) is 0 Å². The summed E-state index contributed by atoms with van der Waals surface area (Å²) in [5.41, 5.74) is 0.550. The Labute approximate surface area is 57.8 Å². The second kappa shape index (κ2) is 1.98. The highest BCUT2D eigenvalue weighted by atomic mass is 15.0. The summed E-state index contributed by atoms with van der Waals surface area (Å²) in [4.78, 5) is 0. The third-order valence-electron chi connectivity index (χ3n) is 2.29. The Bertz CT molecular complexity index is 105. The summed E-state index contributed by atoms with van der Waals surface area (Å²) in [5, 5.41) is 3.44. The molecule has 1 atom stereocenters. The van der Waals surface area contributed by atoms with Crippen LogP contribution in [0.2, 0.25) is 0 Å². The Morgan fingerprint density at radius 3 is 2.00 bits per heavy atom. The molecular weight excluding hydrogens is 110 g/mol. The van der Waals surface area contributed by atoms with Crippen molar-refractivity contribution in [2.75, 3.05) is 6.54 Å². The molecule has 1 aliphatic rings. The molecule has 1 nitrogen and oxygen atoms in total. The lowest BCUT2D eigenvalue weighted by molar-refractivity contribution is 0.0884. The predicted octanol–water partition coefficient (Wildman–Crippen LogP) is 1.64. The fraction of sp³-hybridized carbons (Fsp3) is 1.00. The van der Waals surface area contributed by atoms with Crippen LogP contribution in [0.25, 0.3) is 0 Å². The highest BCUT2D eigenvalue weighted by Gasteiger charge is 2.39. The minimum atomic E-state index is 0.550. The number of hydrogen-bond acceptors (Lipinski definition) is 1. The maximum Gasteiger partial charge on any atom is 0.0154 e. The van der Waals surface area contributed by atoms with Crippen molar-refractivity contribution >= 4 is 0 Å². The summed E-state index contributed by atoms with van der Waals surface area (Å²) in [6.07, 6.45) is 0. The molecule has 1 heteroatoms. The Hall–Kier alpha value is -0.0400. The fourth-order valence-electron chi connectivity index (χ4n) is 1.77. The van der Waals surface area contributed by atoms with Crippen LogP contribution in [0.4, 0.5) is 0 Å². The van der Waals surface area contributed by atoms with E-state index in [1.165, 1.54) is 6.54 Å². The quantitative estimate of drug-likeness (QED) is 0.564. The molecule has 1 aliphatic heterocycles. The molecule has 1 N–H and O–H groups in total. The van der Waals surface area contributed by atoms with Crippen molar-refractivity contribution in [3.63, 3.8) is 0 Å². The van der Waals surface area contributed by atoms with Gasteiger partial charge in [-0.15, -0.1) is 0 Å². The molecular formula is C8H17N. The van der Waals surface area contributed by atoms with Gasteiger partial charge in [0, 0.05) is 12.6 Å². The standard InChI is InChI=1S/C8H17N/c1-6(2)7-8(3,4)5-9-7/h6-7,9H,5H2,1-4H3. The molecule has 0 aromatic heterocycles. The normalized spacial score (nSPS) is 32.3. The van der Waals surface area contributed by atoms with Crippen molar-refractivity contribution in [3.05, 3.63) is 0 Å². The Balaban J connectivity index is 2.45. The molecule has 0 aromatic carbocycles. The first-order valence-electron chi connectivity index (χ1n) is 3.77. The molecule has 1 unspecified atom stereocenters. The smallest absolute Gasteiger partial charge is 0.0154 e. The third kappa shape index (κ3) is 1.11. The minimum absolute atomic E-state index is 0.550. The van der Waals surface area contributed by atoms with Gasteiger partial charge in [-0.05, 0) is 11.3 Å². The average molecular weight is 127 g/mol. The molecule has 0 amide bonds. The molecule has 0 aliphatic carbocycles. The van der Waals surface area contributed by atoms with Crippen LogP contribution in [0.15, 0.2) is 0 Å². The first-order chi connectivity index (χ1) is 4.04. The van der Waals surface area contributed by atoms with Crippen LogP contribution in [-0.4, -0.2) is 12.6 Å². The molecule has 54 valence electrons. The molecule has 1 saturated heterocycles. The van der Waals surface area contributed by atoms with Crippen LogP contribution in [0, 0.1) is 11.3 Å². The van der Waals surface area contributed by atoms with Gasteiger partial charge in [-0.1, -0.05) is 27.7 Å². The van der Waals surface area contributed by atoms with Gasteiger partial charge < -0.3 is 5.32 Å². The van der Waals surface area contributed by atoms with Gasteiger partial charge in [0.25, 0.3) is 0 Å². The van der Waals surface area contributed by atoms with Crippen LogP contribution >= 0.6 is 0 Å². The van der Waals surface area contributed by atoms with E-state index in [4.69, 9.17) is 0 Å². The summed E-state index contributed by atoms with van der Waals surface area (Å²) in [6.45, 7) is 10.4. The third-order valence-corrected chi connectivity index (χ3v) is 2.29. The van der Waals surface area contributed by atoms with E-state index in [-0.39, 0.29) is 0 Å². The lowest BCUT2D eigenvalue weighted by atomic mass is 9.72. The van der Waals surface area contributed by atoms with Gasteiger partial charge in [-0.25, -0.2) is 0 Å². The predicted molar refractivity (Wildman–Crippen MR) is 40.4 cm³/mol. The average Bonchev–Trinajstić information content (AvgIpc) is 1.62. The number of rotatable bonds is 1. The molecule has 0 radical (unpaired) electrons. The number of hydrogen-bond donors (Lipinski definition) is 1. The van der Waals surface area contributed by atoms with Crippen molar-refractivity contribution in [3.8, 4) is 0 Å². The van der Waals surface area contributed by atoms with Gasteiger partial charge >= 0.3 is 0 Å². The summed E-state index contributed by atoms with van der Waals surface area (Å²) in [7, 11) is 0. The van der Waals surface area contributed by atoms with Gasteiger partial charge in [0.05, 0.1) is 0 Å². The van der Waals surface area contributed by atoms with E-state index < -0.39 is 0 Å². The van der Waals surface area contributed by atoms with Crippen molar-refractivity contribution in [2.45, 2.75) is 33.7 Å². The SMILES string of the molecule is CC(C)C1NCC1(C)C. The van der Waals surface area contributed by atoms with E-state index in [0.29, 0.717) is 5.41 Å². The largest absolute Gasteiger partial charge is 0.313 e. The Morgan fingerprint density at radius 2 is 2.00 bits per heavy atom. The van der Waals surface area contributed by atoms with Gasteiger partial charge in [0.2, 0.25) is 0 Å². The Kier molecular flexibility index (Phi) is 1.55. The van der Waals surface area contributed by atoms with Crippen LogP contribution in [0.3, 0.4) is 0 Å². The van der Waals surface area contributed by atoms with E-state index in [2.05, 4.69) is 33.0 Å². The minimum Gasteiger partial charge on any atom is -0.313 e. The monoisotopic (exact) mass is 127 g/mol. The molecule has 0 bridgehead atoms. The lowest BCUT2D eigenvalue weighted by Crippen LogP contribution is -2.61. The molecule has 0 spiro atoms. The van der Waals surface area contributed by atoms with Gasteiger partial charge in [0.15, 0.2) is 0 Å². The van der Waals surface area contributed by atoms with Crippen LogP contribution in [0.1, 0.15) is 27.7 Å². The lowest BCUT2D eigenvalue weighted by Gasteiger charge is -2.48. The maximum atomic E-state index is 3.44. The first kappa shape index (κ1) is 7.07. The Morgan fingerprint density at radius 1 is 1.44 bits per heavy atom. The molecule has 1 rings (SSSR count). The van der Waals surface area contributed by atoms with Crippen molar-refractivity contribution in [2.24, 2.45) is 11.3 Å². The van der Waals surface area contributed by atoms with E-state index in [1.54, 1.807) is 0 Å². The zero-order valence-electron chi connectivity index (χ0n) is 6.86. The molecule has 0 saturated carbocycles.